The fourth-order valence-electron chi connectivity index (χ4n) is 1.32. The highest BCUT2D eigenvalue weighted by molar-refractivity contribution is 5.75. The van der Waals surface area contributed by atoms with Gasteiger partial charge in [0.25, 0.3) is 0 Å². The summed E-state index contributed by atoms with van der Waals surface area (Å²) in [5, 5.41) is 0. The number of ether oxygens (including phenoxy) is 2. The van der Waals surface area contributed by atoms with Crippen LogP contribution in [0, 0.1) is 11.3 Å². The minimum atomic E-state index is -0.384. The van der Waals surface area contributed by atoms with Gasteiger partial charge in [-0.3, -0.25) is 4.79 Å². The summed E-state index contributed by atoms with van der Waals surface area (Å²) < 4.78 is 10.5. The zero-order valence-corrected chi connectivity index (χ0v) is 9.34. The van der Waals surface area contributed by atoms with E-state index in [-0.39, 0.29) is 11.4 Å². The van der Waals surface area contributed by atoms with Gasteiger partial charge in [-0.15, -0.1) is 0 Å². The topological polar surface area (TPSA) is 35.5 Å². The lowest BCUT2D eigenvalue weighted by Crippen LogP contribution is -2.27. The molecule has 0 aromatic rings. The third-order valence-corrected chi connectivity index (χ3v) is 2.40. The lowest BCUT2D eigenvalue weighted by atomic mass is 9.97. The van der Waals surface area contributed by atoms with Gasteiger partial charge < -0.3 is 9.47 Å². The smallest absolute Gasteiger partial charge is 0.311 e. The van der Waals surface area contributed by atoms with Crippen molar-refractivity contribution < 1.29 is 14.3 Å². The highest BCUT2D eigenvalue weighted by atomic mass is 16.5. The molecule has 0 saturated carbocycles. The summed E-state index contributed by atoms with van der Waals surface area (Å²) in [6.45, 7) is 7.78. The van der Waals surface area contributed by atoms with Crippen LogP contribution in [0.25, 0.3) is 0 Å². The van der Waals surface area contributed by atoms with Crippen LogP contribution in [0.1, 0.15) is 33.6 Å². The Morgan fingerprint density at radius 3 is 2.43 bits per heavy atom. The Kier molecular flexibility index (Phi) is 3.93. The number of rotatable bonds is 2. The van der Waals surface area contributed by atoms with Crippen LogP contribution in [0.3, 0.4) is 0 Å². The van der Waals surface area contributed by atoms with Crippen molar-refractivity contribution in [1.82, 2.24) is 0 Å². The first-order valence-corrected chi connectivity index (χ1v) is 5.25. The van der Waals surface area contributed by atoms with Crippen LogP contribution in [-0.4, -0.2) is 25.8 Å². The number of carbonyl (C=O) groups excluding carboxylic acids is 1. The van der Waals surface area contributed by atoms with Gasteiger partial charge in [0.2, 0.25) is 0 Å². The lowest BCUT2D eigenvalue weighted by Gasteiger charge is -2.23. The molecule has 14 heavy (non-hydrogen) atoms. The molecule has 0 aromatic carbocycles. The van der Waals surface area contributed by atoms with Crippen LogP contribution in [0.15, 0.2) is 0 Å². The Balaban J connectivity index is 2.22. The molecule has 1 heterocycles. The Labute approximate surface area is 85.8 Å². The lowest BCUT2D eigenvalue weighted by molar-refractivity contribution is -0.155. The third kappa shape index (κ3) is 3.66. The monoisotopic (exact) mass is 200 g/mol. The van der Waals surface area contributed by atoms with Gasteiger partial charge in [-0.25, -0.2) is 0 Å². The number of hydrogen-bond acceptors (Lipinski definition) is 3. The zero-order valence-electron chi connectivity index (χ0n) is 9.34. The van der Waals surface area contributed by atoms with E-state index in [1.807, 2.05) is 20.8 Å². The minimum Gasteiger partial charge on any atom is -0.465 e. The molecule has 0 aliphatic carbocycles. The molecule has 1 saturated heterocycles. The standard InChI is InChI=1S/C11H20O3/c1-11(2,3)10(12)14-8-9-4-6-13-7-5-9/h9H,4-8H2,1-3H3. The molecule has 3 nitrogen and oxygen atoms in total. The molecular weight excluding hydrogens is 180 g/mol. The molecule has 0 amide bonds. The fraction of sp³-hybridized carbons (Fsp3) is 0.909. The van der Waals surface area contributed by atoms with E-state index in [2.05, 4.69) is 0 Å². The Bertz CT molecular complexity index is 187. The highest BCUT2D eigenvalue weighted by Crippen LogP contribution is 2.19. The van der Waals surface area contributed by atoms with Crippen molar-refractivity contribution in [3.05, 3.63) is 0 Å². The summed E-state index contributed by atoms with van der Waals surface area (Å²) in [7, 11) is 0. The van der Waals surface area contributed by atoms with Crippen molar-refractivity contribution in [3.63, 3.8) is 0 Å². The van der Waals surface area contributed by atoms with Gasteiger partial charge in [0.1, 0.15) is 0 Å². The maximum absolute atomic E-state index is 11.5. The largest absolute Gasteiger partial charge is 0.465 e. The van der Waals surface area contributed by atoms with Gasteiger partial charge in [-0.05, 0) is 39.5 Å². The van der Waals surface area contributed by atoms with Crippen LogP contribution >= 0.6 is 0 Å². The van der Waals surface area contributed by atoms with Gasteiger partial charge in [0.05, 0.1) is 12.0 Å². The van der Waals surface area contributed by atoms with Crippen LogP contribution in [-0.2, 0) is 14.3 Å². The molecule has 0 atom stereocenters. The van der Waals surface area contributed by atoms with E-state index in [0.717, 1.165) is 26.1 Å². The average molecular weight is 200 g/mol. The summed E-state index contributed by atoms with van der Waals surface area (Å²) in [4.78, 5) is 11.5. The summed E-state index contributed by atoms with van der Waals surface area (Å²) in [5.74, 6) is 0.388. The Hall–Kier alpha value is -0.570. The van der Waals surface area contributed by atoms with E-state index in [0.29, 0.717) is 12.5 Å². The SMILES string of the molecule is CC(C)(C)C(=O)OCC1CCOCC1. The van der Waals surface area contributed by atoms with Gasteiger partial charge in [-0.2, -0.15) is 0 Å². The van der Waals surface area contributed by atoms with Crippen LogP contribution in [0.4, 0.5) is 0 Å². The highest BCUT2D eigenvalue weighted by Gasteiger charge is 2.24. The molecule has 1 aliphatic heterocycles. The van der Waals surface area contributed by atoms with E-state index in [1.165, 1.54) is 0 Å². The van der Waals surface area contributed by atoms with E-state index >= 15 is 0 Å². The second-order valence-corrected chi connectivity index (χ2v) is 4.90. The first-order valence-electron chi connectivity index (χ1n) is 5.25. The minimum absolute atomic E-state index is 0.107. The molecule has 0 aromatic heterocycles. The first-order chi connectivity index (χ1) is 6.50. The van der Waals surface area contributed by atoms with Gasteiger partial charge in [0, 0.05) is 13.2 Å². The van der Waals surface area contributed by atoms with Crippen molar-refractivity contribution >= 4 is 5.97 Å². The molecular formula is C11H20O3. The average Bonchev–Trinajstić information content (AvgIpc) is 2.14. The van der Waals surface area contributed by atoms with Crippen LogP contribution in [0.5, 0.6) is 0 Å². The summed E-state index contributed by atoms with van der Waals surface area (Å²) in [6.07, 6.45) is 2.02. The molecule has 0 N–H and O–H groups in total. The van der Waals surface area contributed by atoms with Gasteiger partial charge >= 0.3 is 5.97 Å². The maximum atomic E-state index is 11.5. The second-order valence-electron chi connectivity index (χ2n) is 4.90. The summed E-state index contributed by atoms with van der Waals surface area (Å²) >= 11 is 0. The van der Waals surface area contributed by atoms with E-state index in [1.54, 1.807) is 0 Å². The molecule has 0 unspecified atom stereocenters. The quantitative estimate of drug-likeness (QED) is 0.639. The fourth-order valence-corrected chi connectivity index (χ4v) is 1.32. The van der Waals surface area contributed by atoms with Crippen molar-refractivity contribution in [3.8, 4) is 0 Å². The van der Waals surface area contributed by atoms with E-state index in [9.17, 15) is 4.79 Å². The number of hydrogen-bond donors (Lipinski definition) is 0. The van der Waals surface area contributed by atoms with Crippen molar-refractivity contribution in [1.29, 1.82) is 0 Å². The number of esters is 1. The predicted octanol–water partition coefficient (Wildman–Crippen LogP) is 2.00. The summed E-state index contributed by atoms with van der Waals surface area (Å²) in [6, 6.07) is 0. The molecule has 0 spiro atoms. The zero-order chi connectivity index (χ0) is 10.6. The van der Waals surface area contributed by atoms with Crippen molar-refractivity contribution in [2.45, 2.75) is 33.6 Å². The first kappa shape index (κ1) is 11.5. The number of carbonyl (C=O) groups is 1. The predicted molar refractivity (Wildman–Crippen MR) is 54.0 cm³/mol. The van der Waals surface area contributed by atoms with E-state index < -0.39 is 0 Å². The Morgan fingerprint density at radius 2 is 1.93 bits per heavy atom. The van der Waals surface area contributed by atoms with Crippen LogP contribution < -0.4 is 0 Å². The van der Waals surface area contributed by atoms with Gasteiger partial charge in [0.15, 0.2) is 0 Å². The third-order valence-electron chi connectivity index (χ3n) is 2.40. The molecule has 82 valence electrons. The second kappa shape index (κ2) is 4.78. The van der Waals surface area contributed by atoms with Crippen LogP contribution in [0.2, 0.25) is 0 Å². The van der Waals surface area contributed by atoms with Gasteiger partial charge in [-0.1, -0.05) is 0 Å². The maximum Gasteiger partial charge on any atom is 0.311 e. The summed E-state index contributed by atoms with van der Waals surface area (Å²) in [5.41, 5.74) is -0.384. The normalized spacial score (nSPS) is 19.4. The van der Waals surface area contributed by atoms with Crippen molar-refractivity contribution in [2.24, 2.45) is 11.3 Å². The molecule has 1 fully saturated rings. The molecule has 1 rings (SSSR count). The molecule has 1 aliphatic rings. The Morgan fingerprint density at radius 1 is 1.36 bits per heavy atom. The van der Waals surface area contributed by atoms with E-state index in [4.69, 9.17) is 9.47 Å². The van der Waals surface area contributed by atoms with Crippen molar-refractivity contribution in [2.75, 3.05) is 19.8 Å². The molecule has 0 radical (unpaired) electrons. The molecule has 0 bridgehead atoms. The molecule has 3 heteroatoms.